The van der Waals surface area contributed by atoms with E-state index in [0.29, 0.717) is 0 Å². The van der Waals surface area contributed by atoms with Crippen LogP contribution in [0.15, 0.2) is 27.3 Å². The molecular weight excluding hydrogens is 270 g/mol. The van der Waals surface area contributed by atoms with Crippen molar-refractivity contribution in [3.8, 4) is 5.75 Å². The molecule has 2 rings (SSSR count). The molecule has 1 N–H and O–H groups in total. The highest BCUT2D eigenvalue weighted by Crippen LogP contribution is 2.32. The summed E-state index contributed by atoms with van der Waals surface area (Å²) < 4.78 is 11.7. The highest BCUT2D eigenvalue weighted by atomic mass is 79.9. The van der Waals surface area contributed by atoms with E-state index in [-0.39, 0.29) is 0 Å². The van der Waals surface area contributed by atoms with Crippen molar-refractivity contribution in [2.24, 2.45) is 0 Å². The van der Waals surface area contributed by atoms with E-state index >= 15 is 0 Å². The van der Waals surface area contributed by atoms with E-state index < -0.39 is 0 Å². The summed E-state index contributed by atoms with van der Waals surface area (Å²) in [6, 6.07) is 3.92. The van der Waals surface area contributed by atoms with Crippen LogP contribution in [0.4, 0.5) is 0 Å². The second kappa shape index (κ2) is 4.89. The number of likely N-dealkylation sites (N-methyl/N-ethyl adjacent to an activating group) is 1. The monoisotopic (exact) mass is 283 g/mol. The van der Waals surface area contributed by atoms with Crippen LogP contribution in [0.1, 0.15) is 5.56 Å². The van der Waals surface area contributed by atoms with Gasteiger partial charge in [-0.1, -0.05) is 0 Å². The Morgan fingerprint density at radius 3 is 2.94 bits per heavy atom. The maximum atomic E-state index is 5.55. The number of ether oxygens (including phenoxy) is 1. The first kappa shape index (κ1) is 11.5. The molecule has 0 fully saturated rings. The zero-order chi connectivity index (χ0) is 11.5. The number of halogens is 1. The molecule has 3 nitrogen and oxygen atoms in total. The molecule has 0 amide bonds. The molecule has 1 aromatic carbocycles. The van der Waals surface area contributed by atoms with Gasteiger partial charge in [-0.25, -0.2) is 0 Å². The highest BCUT2D eigenvalue weighted by Gasteiger charge is 2.10. The Kier molecular flexibility index (Phi) is 3.51. The predicted molar refractivity (Wildman–Crippen MR) is 68.1 cm³/mol. The number of rotatable bonds is 4. The fourth-order valence-electron chi connectivity index (χ4n) is 1.69. The summed E-state index contributed by atoms with van der Waals surface area (Å²) >= 11 is 3.48. The number of benzene rings is 1. The lowest BCUT2D eigenvalue weighted by Crippen LogP contribution is -2.09. The fourth-order valence-corrected chi connectivity index (χ4v) is 2.22. The highest BCUT2D eigenvalue weighted by molar-refractivity contribution is 9.10. The first-order valence-corrected chi connectivity index (χ1v) is 5.93. The Bertz CT molecular complexity index is 493. The first-order chi connectivity index (χ1) is 7.76. The second-order valence-corrected chi connectivity index (χ2v) is 4.45. The fraction of sp³-hybridized carbons (Fsp3) is 0.333. The van der Waals surface area contributed by atoms with Crippen molar-refractivity contribution in [2.45, 2.75) is 6.42 Å². The lowest BCUT2D eigenvalue weighted by Gasteiger charge is -2.02. The van der Waals surface area contributed by atoms with Gasteiger partial charge in [0.1, 0.15) is 11.3 Å². The minimum Gasteiger partial charge on any atom is -0.497 e. The number of furan rings is 1. The van der Waals surface area contributed by atoms with Gasteiger partial charge in [0.15, 0.2) is 0 Å². The summed E-state index contributed by atoms with van der Waals surface area (Å²) in [5, 5.41) is 4.24. The van der Waals surface area contributed by atoms with Gasteiger partial charge in [0, 0.05) is 5.39 Å². The molecule has 0 aliphatic heterocycles. The van der Waals surface area contributed by atoms with Crippen molar-refractivity contribution in [3.05, 3.63) is 28.4 Å². The van der Waals surface area contributed by atoms with Gasteiger partial charge in [-0.15, -0.1) is 0 Å². The van der Waals surface area contributed by atoms with Crippen molar-refractivity contribution < 1.29 is 9.15 Å². The van der Waals surface area contributed by atoms with E-state index in [1.54, 1.807) is 7.11 Å². The third-order valence-corrected chi connectivity index (χ3v) is 3.15. The van der Waals surface area contributed by atoms with Crippen LogP contribution >= 0.6 is 15.9 Å². The van der Waals surface area contributed by atoms with Gasteiger partial charge in [0.05, 0.1) is 17.8 Å². The third kappa shape index (κ3) is 2.08. The number of hydrogen-bond acceptors (Lipinski definition) is 3. The van der Waals surface area contributed by atoms with E-state index in [9.17, 15) is 0 Å². The summed E-state index contributed by atoms with van der Waals surface area (Å²) in [6.45, 7) is 0.934. The molecule has 1 heterocycles. The lowest BCUT2D eigenvalue weighted by molar-refractivity contribution is 0.415. The molecule has 0 aliphatic rings. The van der Waals surface area contributed by atoms with Crippen LogP contribution in [0.3, 0.4) is 0 Å². The molecule has 0 spiro atoms. The lowest BCUT2D eigenvalue weighted by atomic mass is 10.1. The van der Waals surface area contributed by atoms with Gasteiger partial charge >= 0.3 is 0 Å². The zero-order valence-corrected chi connectivity index (χ0v) is 10.9. The molecule has 0 unspecified atom stereocenters. The smallest absolute Gasteiger partial charge is 0.148 e. The Morgan fingerprint density at radius 1 is 1.44 bits per heavy atom. The van der Waals surface area contributed by atoms with Crippen LogP contribution in [0.5, 0.6) is 5.75 Å². The van der Waals surface area contributed by atoms with Gasteiger partial charge in [0.2, 0.25) is 0 Å². The molecule has 0 saturated carbocycles. The summed E-state index contributed by atoms with van der Waals surface area (Å²) in [7, 11) is 3.61. The summed E-state index contributed by atoms with van der Waals surface area (Å²) in [5.74, 6) is 0.839. The van der Waals surface area contributed by atoms with Crippen LogP contribution in [-0.2, 0) is 6.42 Å². The van der Waals surface area contributed by atoms with Crippen LogP contribution in [0.2, 0.25) is 0 Å². The Hall–Kier alpha value is -1.00. The number of hydrogen-bond donors (Lipinski definition) is 1. The largest absolute Gasteiger partial charge is 0.497 e. The topological polar surface area (TPSA) is 34.4 Å². The number of methoxy groups -OCH3 is 1. The maximum absolute atomic E-state index is 5.55. The summed E-state index contributed by atoms with van der Waals surface area (Å²) in [6.07, 6.45) is 2.76. The molecule has 2 aromatic rings. The summed E-state index contributed by atoms with van der Waals surface area (Å²) in [5.41, 5.74) is 2.08. The summed E-state index contributed by atoms with van der Waals surface area (Å²) in [4.78, 5) is 0. The number of nitrogens with one attached hydrogen (secondary N) is 1. The average molecular weight is 284 g/mol. The molecule has 4 heteroatoms. The molecule has 86 valence electrons. The van der Waals surface area contributed by atoms with Crippen LogP contribution in [0, 0.1) is 0 Å². The predicted octanol–water partition coefficient (Wildman–Crippen LogP) is 2.97. The van der Waals surface area contributed by atoms with Crippen LogP contribution in [0.25, 0.3) is 11.0 Å². The molecule has 0 saturated heterocycles. The van der Waals surface area contributed by atoms with Crippen molar-refractivity contribution >= 4 is 26.9 Å². The van der Waals surface area contributed by atoms with E-state index in [4.69, 9.17) is 9.15 Å². The minimum atomic E-state index is 0.839. The molecule has 0 bridgehead atoms. The molecular formula is C12H14BrNO2. The molecule has 1 aromatic heterocycles. The van der Waals surface area contributed by atoms with Crippen molar-refractivity contribution in [2.75, 3.05) is 20.7 Å². The van der Waals surface area contributed by atoms with Gasteiger partial charge in [0.25, 0.3) is 0 Å². The SMILES string of the molecule is CNCCc1coc2c(Br)cc(OC)cc12. The number of fused-ring (bicyclic) bond motifs is 1. The van der Waals surface area contributed by atoms with E-state index in [2.05, 4.69) is 21.2 Å². The van der Waals surface area contributed by atoms with Gasteiger partial charge in [-0.05, 0) is 53.6 Å². The Labute approximate surface area is 103 Å². The molecule has 0 radical (unpaired) electrons. The van der Waals surface area contributed by atoms with Crippen molar-refractivity contribution in [1.29, 1.82) is 0 Å². The van der Waals surface area contributed by atoms with Crippen LogP contribution < -0.4 is 10.1 Å². The molecule has 0 aliphatic carbocycles. The standard InChI is InChI=1S/C12H14BrNO2/c1-14-4-3-8-7-16-12-10(8)5-9(15-2)6-11(12)13/h5-7,14H,3-4H2,1-2H3. The Morgan fingerprint density at radius 2 is 2.25 bits per heavy atom. The minimum absolute atomic E-state index is 0.839. The molecule has 16 heavy (non-hydrogen) atoms. The zero-order valence-electron chi connectivity index (χ0n) is 9.34. The van der Waals surface area contributed by atoms with Gasteiger partial charge in [-0.2, -0.15) is 0 Å². The Balaban J connectivity index is 2.47. The van der Waals surface area contributed by atoms with Gasteiger partial charge < -0.3 is 14.5 Å². The molecule has 0 atom stereocenters. The normalized spacial score (nSPS) is 10.9. The first-order valence-electron chi connectivity index (χ1n) is 5.14. The van der Waals surface area contributed by atoms with E-state index in [1.165, 1.54) is 5.56 Å². The van der Waals surface area contributed by atoms with Gasteiger partial charge in [-0.3, -0.25) is 0 Å². The average Bonchev–Trinajstić information content (AvgIpc) is 2.70. The van der Waals surface area contributed by atoms with E-state index in [1.807, 2.05) is 25.4 Å². The quantitative estimate of drug-likeness (QED) is 0.937. The maximum Gasteiger partial charge on any atom is 0.148 e. The van der Waals surface area contributed by atoms with Crippen LogP contribution in [-0.4, -0.2) is 20.7 Å². The van der Waals surface area contributed by atoms with Crippen molar-refractivity contribution in [3.63, 3.8) is 0 Å². The van der Waals surface area contributed by atoms with E-state index in [0.717, 1.165) is 34.2 Å². The third-order valence-electron chi connectivity index (χ3n) is 2.56. The van der Waals surface area contributed by atoms with Crippen molar-refractivity contribution in [1.82, 2.24) is 5.32 Å². The second-order valence-electron chi connectivity index (χ2n) is 3.60.